The number of aliphatic imine (C=N–C) groups is 1. The Hall–Kier alpha value is -1.23. The van der Waals surface area contributed by atoms with E-state index in [2.05, 4.69) is 24.2 Å². The molecule has 2 rings (SSSR count). The van der Waals surface area contributed by atoms with Crippen LogP contribution < -0.4 is 10.1 Å². The van der Waals surface area contributed by atoms with Gasteiger partial charge in [0, 0.05) is 11.3 Å². The Kier molecular flexibility index (Phi) is 4.69. The van der Waals surface area contributed by atoms with Crippen molar-refractivity contribution in [2.24, 2.45) is 10.9 Å². The Morgan fingerprint density at radius 2 is 2.32 bits per heavy atom. The molecule has 1 atom stereocenters. The Labute approximate surface area is 117 Å². The zero-order valence-electron chi connectivity index (χ0n) is 11.4. The summed E-state index contributed by atoms with van der Waals surface area (Å²) in [4.78, 5) is 4.42. The molecule has 1 aromatic rings. The monoisotopic (exact) mass is 282 g/mol. The number of ether oxygens (including phenoxy) is 1. The van der Waals surface area contributed by atoms with Crippen LogP contribution in [0.5, 0.6) is 5.75 Å². The lowest BCUT2D eigenvalue weighted by Crippen LogP contribution is -2.10. The number of amidine groups is 1. The zero-order valence-corrected chi connectivity index (χ0v) is 12.3. The average Bonchev–Trinajstić information content (AvgIpc) is 2.78. The molecule has 0 spiro atoms. The Balaban J connectivity index is 1.99. The summed E-state index contributed by atoms with van der Waals surface area (Å²) in [5.74, 6) is 0.989. The highest BCUT2D eigenvalue weighted by atomic mass is 32.2. The first-order valence-corrected chi connectivity index (χ1v) is 7.28. The summed E-state index contributed by atoms with van der Waals surface area (Å²) in [6, 6.07) is 4.65. The number of thioether (sulfide) groups is 1. The van der Waals surface area contributed by atoms with Crippen molar-refractivity contribution in [3.05, 3.63) is 24.0 Å². The lowest BCUT2D eigenvalue weighted by molar-refractivity contribution is 0.414. The number of halogens is 1. The molecule has 19 heavy (non-hydrogen) atoms. The van der Waals surface area contributed by atoms with Crippen molar-refractivity contribution in [1.29, 1.82) is 0 Å². The minimum atomic E-state index is -0.295. The van der Waals surface area contributed by atoms with Crippen LogP contribution in [0.25, 0.3) is 0 Å². The van der Waals surface area contributed by atoms with Crippen molar-refractivity contribution >= 4 is 22.6 Å². The van der Waals surface area contributed by atoms with E-state index in [1.165, 1.54) is 6.07 Å². The molecule has 1 aliphatic rings. The van der Waals surface area contributed by atoms with Crippen LogP contribution in [0.15, 0.2) is 23.2 Å². The van der Waals surface area contributed by atoms with E-state index in [-0.39, 0.29) is 5.82 Å². The van der Waals surface area contributed by atoms with Crippen LogP contribution >= 0.6 is 11.8 Å². The van der Waals surface area contributed by atoms with E-state index in [1.54, 1.807) is 31.0 Å². The Bertz CT molecular complexity index is 477. The van der Waals surface area contributed by atoms with Gasteiger partial charge in [-0.3, -0.25) is 4.99 Å². The lowest BCUT2D eigenvalue weighted by atomic mass is 10.1. The van der Waals surface area contributed by atoms with Gasteiger partial charge in [-0.25, -0.2) is 4.39 Å². The van der Waals surface area contributed by atoms with Crippen molar-refractivity contribution in [1.82, 2.24) is 0 Å². The molecule has 0 fully saturated rings. The number of anilines is 1. The summed E-state index contributed by atoms with van der Waals surface area (Å²) < 4.78 is 18.8. The van der Waals surface area contributed by atoms with Crippen molar-refractivity contribution in [2.75, 3.05) is 19.0 Å². The van der Waals surface area contributed by atoms with Gasteiger partial charge < -0.3 is 10.1 Å². The van der Waals surface area contributed by atoms with Gasteiger partial charge in [0.1, 0.15) is 11.6 Å². The maximum atomic E-state index is 13.7. The second-order valence-corrected chi connectivity index (χ2v) is 6.28. The van der Waals surface area contributed by atoms with Crippen molar-refractivity contribution in [3.63, 3.8) is 0 Å². The predicted octanol–water partition coefficient (Wildman–Crippen LogP) is 3.76. The van der Waals surface area contributed by atoms with Crippen LogP contribution in [-0.2, 0) is 0 Å². The van der Waals surface area contributed by atoms with Crippen molar-refractivity contribution < 1.29 is 9.13 Å². The standard InChI is InChI=1S/C14H19FN2OS/c1-9(2)6-11-8-16-14(19-11)17-13-7-10(18-3)4-5-12(13)15/h4-5,7,9,11H,6,8H2,1-3H3,(H,16,17). The number of benzene rings is 1. The van der Waals surface area contributed by atoms with Crippen LogP contribution in [0.4, 0.5) is 10.1 Å². The highest BCUT2D eigenvalue weighted by molar-refractivity contribution is 8.15. The first-order valence-electron chi connectivity index (χ1n) is 6.40. The second-order valence-electron chi connectivity index (χ2n) is 4.99. The molecule has 0 bridgehead atoms. The van der Waals surface area contributed by atoms with E-state index >= 15 is 0 Å². The fraction of sp³-hybridized carbons (Fsp3) is 0.500. The molecule has 0 amide bonds. The highest BCUT2D eigenvalue weighted by Crippen LogP contribution is 2.29. The molecule has 0 aromatic heterocycles. The number of hydrogen-bond donors (Lipinski definition) is 1. The average molecular weight is 282 g/mol. The van der Waals surface area contributed by atoms with Gasteiger partial charge in [0.2, 0.25) is 0 Å². The van der Waals surface area contributed by atoms with Crippen LogP contribution in [0.3, 0.4) is 0 Å². The van der Waals surface area contributed by atoms with Gasteiger partial charge in [-0.1, -0.05) is 25.6 Å². The molecule has 5 heteroatoms. The van der Waals surface area contributed by atoms with Gasteiger partial charge in [0.15, 0.2) is 5.17 Å². The summed E-state index contributed by atoms with van der Waals surface area (Å²) in [5, 5.41) is 4.33. The third-order valence-electron chi connectivity index (χ3n) is 2.87. The van der Waals surface area contributed by atoms with Gasteiger partial charge in [0.25, 0.3) is 0 Å². The number of methoxy groups -OCH3 is 1. The van der Waals surface area contributed by atoms with Gasteiger partial charge in [0.05, 0.1) is 19.3 Å². The van der Waals surface area contributed by atoms with E-state index in [4.69, 9.17) is 4.74 Å². The molecule has 1 heterocycles. The molecular weight excluding hydrogens is 263 g/mol. The summed E-state index contributed by atoms with van der Waals surface area (Å²) >= 11 is 1.69. The lowest BCUT2D eigenvalue weighted by Gasteiger charge is -2.12. The van der Waals surface area contributed by atoms with Crippen LogP contribution in [0.2, 0.25) is 0 Å². The SMILES string of the molecule is COc1ccc(F)c(NC2=NCC(CC(C)C)S2)c1. The van der Waals surface area contributed by atoms with E-state index in [0.717, 1.165) is 18.1 Å². The maximum Gasteiger partial charge on any atom is 0.161 e. The van der Waals surface area contributed by atoms with Crippen LogP contribution in [0.1, 0.15) is 20.3 Å². The fourth-order valence-corrected chi connectivity index (χ4v) is 3.24. The summed E-state index contributed by atoms with van der Waals surface area (Å²) in [6.07, 6.45) is 1.12. The van der Waals surface area contributed by atoms with Gasteiger partial charge in [-0.15, -0.1) is 0 Å². The van der Waals surface area contributed by atoms with Crippen LogP contribution in [0, 0.1) is 11.7 Å². The Morgan fingerprint density at radius 3 is 3.00 bits per heavy atom. The van der Waals surface area contributed by atoms with Crippen molar-refractivity contribution in [2.45, 2.75) is 25.5 Å². The number of rotatable bonds is 4. The second kappa shape index (κ2) is 6.28. The van der Waals surface area contributed by atoms with Gasteiger partial charge in [-0.2, -0.15) is 0 Å². The summed E-state index contributed by atoms with van der Waals surface area (Å²) in [7, 11) is 1.57. The number of nitrogens with one attached hydrogen (secondary N) is 1. The molecule has 104 valence electrons. The molecule has 1 unspecified atom stereocenters. The summed E-state index contributed by atoms with van der Waals surface area (Å²) in [5.41, 5.74) is 0.413. The Morgan fingerprint density at radius 1 is 1.53 bits per heavy atom. The molecule has 0 saturated heterocycles. The van der Waals surface area contributed by atoms with Gasteiger partial charge >= 0.3 is 0 Å². The number of nitrogens with zero attached hydrogens (tertiary/aromatic N) is 1. The molecule has 0 radical (unpaired) electrons. The minimum Gasteiger partial charge on any atom is -0.497 e. The van der Waals surface area contributed by atoms with E-state index in [0.29, 0.717) is 22.6 Å². The molecule has 0 saturated carbocycles. The third kappa shape index (κ3) is 3.86. The molecule has 1 N–H and O–H groups in total. The molecule has 1 aliphatic heterocycles. The van der Waals surface area contributed by atoms with Crippen LogP contribution in [-0.4, -0.2) is 24.1 Å². The molecule has 1 aromatic carbocycles. The largest absolute Gasteiger partial charge is 0.497 e. The predicted molar refractivity (Wildman–Crippen MR) is 79.7 cm³/mol. The van der Waals surface area contributed by atoms with Gasteiger partial charge in [-0.05, 0) is 24.5 Å². The zero-order chi connectivity index (χ0) is 13.8. The third-order valence-corrected chi connectivity index (χ3v) is 4.00. The van der Waals surface area contributed by atoms with E-state index in [1.807, 2.05) is 0 Å². The first-order chi connectivity index (χ1) is 9.08. The fourth-order valence-electron chi connectivity index (χ4n) is 1.98. The summed E-state index contributed by atoms with van der Waals surface area (Å²) in [6.45, 7) is 5.21. The molecule has 3 nitrogen and oxygen atoms in total. The van der Waals surface area contributed by atoms with Crippen molar-refractivity contribution in [3.8, 4) is 5.75 Å². The first kappa shape index (κ1) is 14.2. The molecule has 0 aliphatic carbocycles. The molecular formula is C14H19FN2OS. The highest BCUT2D eigenvalue weighted by Gasteiger charge is 2.21. The number of hydrogen-bond acceptors (Lipinski definition) is 4. The van der Waals surface area contributed by atoms with E-state index in [9.17, 15) is 4.39 Å². The smallest absolute Gasteiger partial charge is 0.161 e. The normalized spacial score (nSPS) is 18.6. The minimum absolute atomic E-state index is 0.295. The van der Waals surface area contributed by atoms with E-state index < -0.39 is 0 Å². The maximum absolute atomic E-state index is 13.7. The quantitative estimate of drug-likeness (QED) is 0.913. The topological polar surface area (TPSA) is 33.6 Å².